The van der Waals surface area contributed by atoms with Crippen molar-refractivity contribution in [2.45, 2.75) is 13.5 Å². The van der Waals surface area contributed by atoms with Crippen molar-refractivity contribution in [3.63, 3.8) is 0 Å². The second-order valence-electron chi connectivity index (χ2n) is 5.35. The third-order valence-electron chi connectivity index (χ3n) is 3.50. The number of para-hydroxylation sites is 2. The first kappa shape index (κ1) is 17.0. The molecule has 0 fully saturated rings. The Bertz CT molecular complexity index is 859. The van der Waals surface area contributed by atoms with E-state index in [1.807, 2.05) is 24.4 Å². The van der Waals surface area contributed by atoms with Crippen LogP contribution in [0.5, 0.6) is 11.5 Å². The van der Waals surface area contributed by atoms with Crippen molar-refractivity contribution >= 4 is 22.9 Å². The fourth-order valence-electron chi connectivity index (χ4n) is 2.26. The van der Waals surface area contributed by atoms with Crippen LogP contribution in [0.25, 0.3) is 0 Å². The summed E-state index contributed by atoms with van der Waals surface area (Å²) in [6.45, 7) is 2.38. The smallest absolute Gasteiger partial charge is 0.255 e. The van der Waals surface area contributed by atoms with Crippen LogP contribution < -0.4 is 14.8 Å². The molecule has 6 heteroatoms. The molecule has 0 aliphatic carbocycles. The number of hydrogen-bond acceptors (Lipinski definition) is 5. The van der Waals surface area contributed by atoms with Gasteiger partial charge in [0.15, 0.2) is 0 Å². The van der Waals surface area contributed by atoms with Crippen molar-refractivity contribution in [1.29, 1.82) is 0 Å². The van der Waals surface area contributed by atoms with Crippen molar-refractivity contribution in [2.75, 3.05) is 12.4 Å². The Balaban J connectivity index is 1.62. The molecular weight excluding hydrogens is 336 g/mol. The molecule has 0 atom stereocenters. The molecule has 0 saturated heterocycles. The second-order valence-corrected chi connectivity index (χ2v) is 6.29. The molecule has 128 valence electrons. The first-order valence-corrected chi connectivity index (χ1v) is 8.62. The SMILES string of the molecule is COc1ccccc1NC(=O)c1ccc(OCc2nc(C)cs2)cc1. The summed E-state index contributed by atoms with van der Waals surface area (Å²) in [6, 6.07) is 14.3. The Hall–Kier alpha value is -2.86. The van der Waals surface area contributed by atoms with Crippen LogP contribution in [0.4, 0.5) is 5.69 Å². The lowest BCUT2D eigenvalue weighted by Gasteiger charge is -2.10. The fraction of sp³-hybridized carbons (Fsp3) is 0.158. The van der Waals surface area contributed by atoms with E-state index in [4.69, 9.17) is 9.47 Å². The minimum Gasteiger partial charge on any atom is -0.495 e. The first-order valence-electron chi connectivity index (χ1n) is 7.74. The minimum absolute atomic E-state index is 0.202. The highest BCUT2D eigenvalue weighted by Crippen LogP contribution is 2.24. The number of aryl methyl sites for hydroxylation is 1. The summed E-state index contributed by atoms with van der Waals surface area (Å²) in [4.78, 5) is 16.7. The van der Waals surface area contributed by atoms with Crippen LogP contribution in [0, 0.1) is 6.92 Å². The van der Waals surface area contributed by atoms with E-state index in [0.717, 1.165) is 10.7 Å². The van der Waals surface area contributed by atoms with E-state index in [0.29, 0.717) is 29.4 Å². The number of thiazole rings is 1. The highest BCUT2D eigenvalue weighted by Gasteiger charge is 2.09. The molecule has 0 radical (unpaired) electrons. The number of aromatic nitrogens is 1. The standard InChI is InChI=1S/C19H18N2O3S/c1-13-12-25-18(20-13)11-24-15-9-7-14(8-10-15)19(22)21-16-5-3-4-6-17(16)23-2/h3-10,12H,11H2,1-2H3,(H,21,22). The van der Waals surface area contributed by atoms with Crippen LogP contribution in [0.1, 0.15) is 21.1 Å². The molecule has 2 aromatic carbocycles. The first-order chi connectivity index (χ1) is 12.2. The van der Waals surface area contributed by atoms with Crippen molar-refractivity contribution in [3.8, 4) is 11.5 Å². The van der Waals surface area contributed by atoms with Gasteiger partial charge in [-0.2, -0.15) is 0 Å². The lowest BCUT2D eigenvalue weighted by molar-refractivity contribution is 0.102. The Morgan fingerprint density at radius 2 is 1.92 bits per heavy atom. The molecule has 5 nitrogen and oxygen atoms in total. The zero-order valence-corrected chi connectivity index (χ0v) is 14.8. The number of anilines is 1. The van der Waals surface area contributed by atoms with Gasteiger partial charge in [-0.1, -0.05) is 12.1 Å². The number of hydrogen-bond donors (Lipinski definition) is 1. The van der Waals surface area contributed by atoms with Crippen LogP contribution in [0.2, 0.25) is 0 Å². The second kappa shape index (κ2) is 7.81. The molecule has 0 unspecified atom stereocenters. The van der Waals surface area contributed by atoms with E-state index < -0.39 is 0 Å². The number of methoxy groups -OCH3 is 1. The molecule has 1 amide bonds. The minimum atomic E-state index is -0.202. The summed E-state index contributed by atoms with van der Waals surface area (Å²) in [5.74, 6) is 1.11. The molecule has 0 saturated carbocycles. The Morgan fingerprint density at radius 3 is 2.60 bits per heavy atom. The van der Waals surface area contributed by atoms with Gasteiger partial charge in [0.25, 0.3) is 5.91 Å². The lowest BCUT2D eigenvalue weighted by Crippen LogP contribution is -2.12. The Kier molecular flexibility index (Phi) is 5.30. The molecule has 1 aromatic heterocycles. The number of carbonyl (C=O) groups is 1. The number of rotatable bonds is 6. The van der Waals surface area contributed by atoms with Crippen LogP contribution in [0.15, 0.2) is 53.9 Å². The monoisotopic (exact) mass is 354 g/mol. The Labute approximate surface area is 150 Å². The molecule has 0 spiro atoms. The van der Waals surface area contributed by atoms with E-state index in [1.165, 1.54) is 0 Å². The van der Waals surface area contributed by atoms with E-state index in [9.17, 15) is 4.79 Å². The third-order valence-corrected chi connectivity index (χ3v) is 4.44. The fourth-order valence-corrected chi connectivity index (χ4v) is 2.94. The van der Waals surface area contributed by atoms with Gasteiger partial charge in [0.1, 0.15) is 23.1 Å². The number of nitrogens with one attached hydrogen (secondary N) is 1. The predicted molar refractivity (Wildman–Crippen MR) is 98.6 cm³/mol. The average molecular weight is 354 g/mol. The molecule has 0 aliphatic heterocycles. The van der Waals surface area contributed by atoms with Gasteiger partial charge in [-0.3, -0.25) is 4.79 Å². The van der Waals surface area contributed by atoms with E-state index >= 15 is 0 Å². The summed E-state index contributed by atoms with van der Waals surface area (Å²) in [6.07, 6.45) is 0. The van der Waals surface area contributed by atoms with Gasteiger partial charge in [0.2, 0.25) is 0 Å². The maximum absolute atomic E-state index is 12.4. The molecule has 1 heterocycles. The van der Waals surface area contributed by atoms with Crippen LogP contribution >= 0.6 is 11.3 Å². The normalized spacial score (nSPS) is 10.3. The van der Waals surface area contributed by atoms with E-state index in [-0.39, 0.29) is 5.91 Å². The summed E-state index contributed by atoms with van der Waals surface area (Å²) >= 11 is 1.57. The van der Waals surface area contributed by atoms with Gasteiger partial charge < -0.3 is 14.8 Å². The van der Waals surface area contributed by atoms with Crippen molar-refractivity contribution < 1.29 is 14.3 Å². The maximum atomic E-state index is 12.4. The van der Waals surface area contributed by atoms with Gasteiger partial charge in [-0.25, -0.2) is 4.98 Å². The van der Waals surface area contributed by atoms with E-state index in [2.05, 4.69) is 10.3 Å². The molecule has 3 rings (SSSR count). The largest absolute Gasteiger partial charge is 0.495 e. The number of carbonyl (C=O) groups excluding carboxylic acids is 1. The topological polar surface area (TPSA) is 60.5 Å². The molecule has 0 aliphatic rings. The molecule has 25 heavy (non-hydrogen) atoms. The molecule has 0 bridgehead atoms. The van der Waals surface area contributed by atoms with Crippen molar-refractivity contribution in [1.82, 2.24) is 4.98 Å². The quantitative estimate of drug-likeness (QED) is 0.717. The average Bonchev–Trinajstić information content (AvgIpc) is 3.06. The van der Waals surface area contributed by atoms with Gasteiger partial charge in [-0.15, -0.1) is 11.3 Å². The van der Waals surface area contributed by atoms with Gasteiger partial charge >= 0.3 is 0 Å². The molecule has 3 aromatic rings. The summed E-state index contributed by atoms with van der Waals surface area (Å²) in [7, 11) is 1.57. The van der Waals surface area contributed by atoms with Crippen LogP contribution in [0.3, 0.4) is 0 Å². The highest BCUT2D eigenvalue weighted by molar-refractivity contribution is 7.09. The van der Waals surface area contributed by atoms with Gasteiger partial charge in [-0.05, 0) is 43.3 Å². The Morgan fingerprint density at radius 1 is 1.16 bits per heavy atom. The van der Waals surface area contributed by atoms with Crippen LogP contribution in [-0.4, -0.2) is 18.0 Å². The number of amides is 1. The summed E-state index contributed by atoms with van der Waals surface area (Å²) in [5, 5.41) is 5.76. The van der Waals surface area contributed by atoms with Crippen molar-refractivity contribution in [2.24, 2.45) is 0 Å². The van der Waals surface area contributed by atoms with E-state index in [1.54, 1.807) is 54.8 Å². The van der Waals surface area contributed by atoms with Gasteiger partial charge in [0, 0.05) is 16.6 Å². The maximum Gasteiger partial charge on any atom is 0.255 e. The zero-order valence-electron chi connectivity index (χ0n) is 14.0. The number of ether oxygens (including phenoxy) is 2. The summed E-state index contributed by atoms with van der Waals surface area (Å²) in [5.41, 5.74) is 2.17. The molecule has 1 N–H and O–H groups in total. The van der Waals surface area contributed by atoms with Crippen molar-refractivity contribution in [3.05, 3.63) is 70.2 Å². The van der Waals surface area contributed by atoms with Gasteiger partial charge in [0.05, 0.1) is 12.8 Å². The third kappa shape index (κ3) is 4.36. The molecular formula is C19H18N2O3S. The predicted octanol–water partition coefficient (Wildman–Crippen LogP) is 4.29. The highest BCUT2D eigenvalue weighted by atomic mass is 32.1. The number of benzene rings is 2. The lowest BCUT2D eigenvalue weighted by atomic mass is 10.2. The summed E-state index contributed by atoms with van der Waals surface area (Å²) < 4.78 is 10.9. The zero-order chi connectivity index (χ0) is 17.6. The number of nitrogens with zero attached hydrogens (tertiary/aromatic N) is 1. The van der Waals surface area contributed by atoms with Crippen LogP contribution in [-0.2, 0) is 6.61 Å².